The molecular weight excluding hydrogens is 402 g/mol. The third-order valence-corrected chi connectivity index (χ3v) is 5.89. The van der Waals surface area contributed by atoms with Crippen LogP contribution in [0.5, 0.6) is 5.75 Å². The molecule has 8 heteroatoms. The summed E-state index contributed by atoms with van der Waals surface area (Å²) in [6.45, 7) is 3.73. The van der Waals surface area contributed by atoms with Gasteiger partial charge in [0, 0.05) is 30.1 Å². The van der Waals surface area contributed by atoms with Crippen LogP contribution in [0.15, 0.2) is 52.5 Å². The van der Waals surface area contributed by atoms with Crippen LogP contribution in [0.3, 0.4) is 0 Å². The molecule has 0 bridgehead atoms. The lowest BCUT2D eigenvalue weighted by Gasteiger charge is -2.31. The molecule has 1 aliphatic heterocycles. The molecule has 0 atom stereocenters. The number of benzene rings is 1. The Morgan fingerprint density at radius 2 is 2.00 bits per heavy atom. The number of nitrogens with zero attached hydrogens (tertiary/aromatic N) is 2. The summed E-state index contributed by atoms with van der Waals surface area (Å²) in [5, 5.41) is 5.61. The van der Waals surface area contributed by atoms with E-state index in [9.17, 15) is 9.59 Å². The summed E-state index contributed by atoms with van der Waals surface area (Å²) >= 11 is 1.44. The maximum absolute atomic E-state index is 12.6. The van der Waals surface area contributed by atoms with Crippen molar-refractivity contribution in [2.24, 2.45) is 0 Å². The van der Waals surface area contributed by atoms with Crippen molar-refractivity contribution in [3.05, 3.63) is 59.5 Å². The Hall–Kier alpha value is -3.13. The predicted molar refractivity (Wildman–Crippen MR) is 114 cm³/mol. The molecule has 3 aromatic rings. The molecule has 7 nitrogen and oxygen atoms in total. The number of hydrogen-bond donors (Lipinski definition) is 1. The Labute approximate surface area is 178 Å². The lowest BCUT2D eigenvalue weighted by Crippen LogP contribution is -2.46. The Morgan fingerprint density at radius 3 is 2.67 bits per heavy atom. The van der Waals surface area contributed by atoms with Gasteiger partial charge in [-0.15, -0.1) is 11.3 Å². The van der Waals surface area contributed by atoms with Crippen LogP contribution in [0.25, 0.3) is 10.6 Å². The third kappa shape index (κ3) is 4.54. The summed E-state index contributed by atoms with van der Waals surface area (Å²) in [5.74, 6) is 0.873. The SMILES string of the molecule is CCOc1ccc(-c2nc(C(=O)NC3CCN(C(=O)c4ccco4)CC3)cs2)cc1. The van der Waals surface area contributed by atoms with Gasteiger partial charge in [0.15, 0.2) is 5.76 Å². The number of carbonyl (C=O) groups is 2. The highest BCUT2D eigenvalue weighted by Crippen LogP contribution is 2.26. The fourth-order valence-corrected chi connectivity index (χ4v) is 4.22. The number of piperidine rings is 1. The van der Waals surface area contributed by atoms with E-state index in [2.05, 4.69) is 10.3 Å². The lowest BCUT2D eigenvalue weighted by atomic mass is 10.0. The van der Waals surface area contributed by atoms with Gasteiger partial charge in [0.05, 0.1) is 12.9 Å². The van der Waals surface area contributed by atoms with E-state index in [1.807, 2.05) is 31.2 Å². The molecule has 0 radical (unpaired) electrons. The van der Waals surface area contributed by atoms with Gasteiger partial charge in [-0.25, -0.2) is 4.98 Å². The molecule has 30 heavy (non-hydrogen) atoms. The number of furan rings is 1. The molecule has 1 aromatic carbocycles. The molecule has 1 N–H and O–H groups in total. The van der Waals surface area contributed by atoms with Gasteiger partial charge in [0.1, 0.15) is 16.5 Å². The molecule has 2 amide bonds. The summed E-state index contributed by atoms with van der Waals surface area (Å²) < 4.78 is 10.6. The van der Waals surface area contributed by atoms with Crippen molar-refractivity contribution >= 4 is 23.2 Å². The van der Waals surface area contributed by atoms with Crippen LogP contribution in [0.1, 0.15) is 40.8 Å². The highest BCUT2D eigenvalue weighted by Gasteiger charge is 2.26. The molecule has 0 saturated carbocycles. The van der Waals surface area contributed by atoms with Crippen molar-refractivity contribution in [3.63, 3.8) is 0 Å². The first kappa shape index (κ1) is 20.2. The number of amides is 2. The van der Waals surface area contributed by atoms with Gasteiger partial charge in [0.25, 0.3) is 11.8 Å². The zero-order chi connectivity index (χ0) is 20.9. The number of likely N-dealkylation sites (tertiary alicyclic amines) is 1. The number of carbonyl (C=O) groups excluding carboxylic acids is 2. The number of hydrogen-bond acceptors (Lipinski definition) is 6. The monoisotopic (exact) mass is 425 g/mol. The third-order valence-electron chi connectivity index (χ3n) is 5.00. The van der Waals surface area contributed by atoms with Crippen molar-refractivity contribution < 1.29 is 18.7 Å². The van der Waals surface area contributed by atoms with Gasteiger partial charge in [0.2, 0.25) is 0 Å². The van der Waals surface area contributed by atoms with E-state index in [1.54, 1.807) is 22.4 Å². The quantitative estimate of drug-likeness (QED) is 0.649. The van der Waals surface area contributed by atoms with Crippen molar-refractivity contribution in [1.82, 2.24) is 15.2 Å². The second-order valence-corrected chi connectivity index (χ2v) is 7.87. The van der Waals surface area contributed by atoms with Gasteiger partial charge in [-0.3, -0.25) is 9.59 Å². The van der Waals surface area contributed by atoms with Gasteiger partial charge < -0.3 is 19.4 Å². The van der Waals surface area contributed by atoms with E-state index < -0.39 is 0 Å². The molecule has 2 aromatic heterocycles. The fourth-order valence-electron chi connectivity index (χ4n) is 3.41. The summed E-state index contributed by atoms with van der Waals surface area (Å²) in [5.41, 5.74) is 1.37. The number of ether oxygens (including phenoxy) is 1. The highest BCUT2D eigenvalue weighted by molar-refractivity contribution is 7.13. The van der Waals surface area contributed by atoms with E-state index in [0.717, 1.165) is 16.3 Å². The number of aromatic nitrogens is 1. The van der Waals surface area contributed by atoms with Gasteiger partial charge in [-0.1, -0.05) is 0 Å². The zero-order valence-corrected chi connectivity index (χ0v) is 17.5. The predicted octanol–water partition coefficient (Wildman–Crippen LogP) is 3.84. The number of nitrogens with one attached hydrogen (secondary N) is 1. The van der Waals surface area contributed by atoms with Crippen LogP contribution in [-0.4, -0.2) is 47.4 Å². The van der Waals surface area contributed by atoms with Crippen LogP contribution in [0.2, 0.25) is 0 Å². The van der Waals surface area contributed by atoms with Crippen molar-refractivity contribution in [2.45, 2.75) is 25.8 Å². The maximum Gasteiger partial charge on any atom is 0.289 e. The van der Waals surface area contributed by atoms with Gasteiger partial charge >= 0.3 is 0 Å². The Bertz CT molecular complexity index is 990. The summed E-state index contributed by atoms with van der Waals surface area (Å²) in [7, 11) is 0. The van der Waals surface area contributed by atoms with E-state index in [0.29, 0.717) is 44.0 Å². The van der Waals surface area contributed by atoms with Crippen LogP contribution in [-0.2, 0) is 0 Å². The standard InChI is InChI=1S/C22H23N3O4S/c1-2-28-17-7-5-15(6-8-17)21-24-18(14-30-21)20(26)23-16-9-11-25(12-10-16)22(27)19-4-3-13-29-19/h3-8,13-14,16H,2,9-12H2,1H3,(H,23,26). The topological polar surface area (TPSA) is 84.7 Å². The molecule has 1 fully saturated rings. The lowest BCUT2D eigenvalue weighted by molar-refractivity contribution is 0.0667. The average molecular weight is 426 g/mol. The molecule has 0 aliphatic carbocycles. The van der Waals surface area contributed by atoms with Gasteiger partial charge in [-0.2, -0.15) is 0 Å². The Balaban J connectivity index is 1.31. The fraction of sp³-hybridized carbons (Fsp3) is 0.318. The number of thiazole rings is 1. The average Bonchev–Trinajstić information content (AvgIpc) is 3.47. The molecule has 1 aliphatic rings. The van der Waals surface area contributed by atoms with E-state index in [4.69, 9.17) is 9.15 Å². The first-order chi connectivity index (χ1) is 14.6. The van der Waals surface area contributed by atoms with Crippen molar-refractivity contribution in [2.75, 3.05) is 19.7 Å². The second-order valence-electron chi connectivity index (χ2n) is 7.01. The summed E-state index contributed by atoms with van der Waals surface area (Å²) in [6, 6.07) is 11.1. The first-order valence-electron chi connectivity index (χ1n) is 9.96. The molecule has 156 valence electrons. The second kappa shape index (κ2) is 9.13. The highest BCUT2D eigenvalue weighted by atomic mass is 32.1. The Kier molecular flexibility index (Phi) is 6.13. The van der Waals surface area contributed by atoms with E-state index in [-0.39, 0.29) is 17.9 Å². The molecule has 1 saturated heterocycles. The zero-order valence-electron chi connectivity index (χ0n) is 16.7. The van der Waals surface area contributed by atoms with Crippen LogP contribution in [0, 0.1) is 0 Å². The minimum absolute atomic E-state index is 0.0220. The van der Waals surface area contributed by atoms with Crippen LogP contribution < -0.4 is 10.1 Å². The molecule has 0 spiro atoms. The molecule has 0 unspecified atom stereocenters. The molecule has 4 rings (SSSR count). The minimum Gasteiger partial charge on any atom is -0.494 e. The van der Waals surface area contributed by atoms with Gasteiger partial charge in [-0.05, 0) is 56.2 Å². The maximum atomic E-state index is 12.6. The molecular formula is C22H23N3O4S. The summed E-state index contributed by atoms with van der Waals surface area (Å²) in [6.07, 6.45) is 2.90. The van der Waals surface area contributed by atoms with E-state index in [1.165, 1.54) is 17.6 Å². The largest absolute Gasteiger partial charge is 0.494 e. The minimum atomic E-state index is -0.181. The normalized spacial score (nSPS) is 14.5. The van der Waals surface area contributed by atoms with Crippen molar-refractivity contribution in [3.8, 4) is 16.3 Å². The van der Waals surface area contributed by atoms with E-state index >= 15 is 0 Å². The summed E-state index contributed by atoms with van der Waals surface area (Å²) in [4.78, 5) is 31.2. The smallest absolute Gasteiger partial charge is 0.289 e. The molecule has 3 heterocycles. The number of rotatable bonds is 6. The van der Waals surface area contributed by atoms with Crippen LogP contribution in [0.4, 0.5) is 0 Å². The van der Waals surface area contributed by atoms with Crippen LogP contribution >= 0.6 is 11.3 Å². The Morgan fingerprint density at radius 1 is 1.23 bits per heavy atom. The van der Waals surface area contributed by atoms with Crippen molar-refractivity contribution in [1.29, 1.82) is 0 Å². The first-order valence-corrected chi connectivity index (χ1v) is 10.8.